The molecule has 5 nitrogen and oxygen atoms in total. The summed E-state index contributed by atoms with van der Waals surface area (Å²) in [6, 6.07) is 25.0. The molecule has 5 aromatic rings. The smallest absolute Gasteiger partial charge is 0.433 e. The molecule has 0 aliphatic heterocycles. The molecular weight excluding hydrogens is 477 g/mol. The molecule has 0 bridgehead atoms. The highest BCUT2D eigenvalue weighted by molar-refractivity contribution is 5.71. The second kappa shape index (κ2) is 9.54. The molecule has 8 heteroatoms. The minimum absolute atomic E-state index is 0.110. The van der Waals surface area contributed by atoms with E-state index in [0.29, 0.717) is 22.7 Å². The standard InChI is InChI=1S/C29H23F3N4O/c1-18-7-4-9-20(13-18)25-16-26(22-11-5-8-19(2)14-22)36(35-25)28-33-24(17-27(34-28)29(30,31)32)21-10-6-12-23(15-21)37-3/h4-17H,1-3H3. The van der Waals surface area contributed by atoms with Gasteiger partial charge in [0.25, 0.3) is 5.95 Å². The van der Waals surface area contributed by atoms with E-state index in [1.54, 1.807) is 24.3 Å². The van der Waals surface area contributed by atoms with Gasteiger partial charge in [0.2, 0.25) is 0 Å². The molecule has 3 aromatic carbocycles. The van der Waals surface area contributed by atoms with Crippen LogP contribution in [0.4, 0.5) is 13.2 Å². The van der Waals surface area contributed by atoms with Crippen LogP contribution >= 0.6 is 0 Å². The molecule has 0 saturated heterocycles. The molecule has 0 amide bonds. The van der Waals surface area contributed by atoms with Gasteiger partial charge in [0, 0.05) is 16.7 Å². The van der Waals surface area contributed by atoms with Crippen molar-refractivity contribution in [2.45, 2.75) is 20.0 Å². The number of aryl methyl sites for hydroxylation is 2. The minimum atomic E-state index is -4.68. The largest absolute Gasteiger partial charge is 0.497 e. The van der Waals surface area contributed by atoms with Crippen molar-refractivity contribution in [2.75, 3.05) is 7.11 Å². The molecule has 186 valence electrons. The first-order valence-electron chi connectivity index (χ1n) is 11.6. The predicted octanol–water partition coefficient (Wildman–Crippen LogP) is 7.31. The first-order chi connectivity index (χ1) is 17.7. The van der Waals surface area contributed by atoms with Crippen LogP contribution in [0.2, 0.25) is 0 Å². The van der Waals surface area contributed by atoms with E-state index in [1.165, 1.54) is 11.8 Å². The Balaban J connectivity index is 1.76. The molecule has 5 rings (SSSR count). The van der Waals surface area contributed by atoms with Crippen molar-refractivity contribution >= 4 is 0 Å². The number of nitrogens with zero attached hydrogens (tertiary/aromatic N) is 4. The minimum Gasteiger partial charge on any atom is -0.497 e. The number of hydrogen-bond donors (Lipinski definition) is 0. The lowest BCUT2D eigenvalue weighted by Gasteiger charge is -2.13. The van der Waals surface area contributed by atoms with Crippen molar-refractivity contribution in [3.63, 3.8) is 0 Å². The number of ether oxygens (including phenoxy) is 1. The number of methoxy groups -OCH3 is 1. The van der Waals surface area contributed by atoms with Gasteiger partial charge in [-0.1, -0.05) is 59.7 Å². The zero-order chi connectivity index (χ0) is 26.2. The van der Waals surface area contributed by atoms with Crippen LogP contribution in [0.1, 0.15) is 16.8 Å². The van der Waals surface area contributed by atoms with E-state index in [9.17, 15) is 13.2 Å². The van der Waals surface area contributed by atoms with Gasteiger partial charge in [-0.25, -0.2) is 9.97 Å². The summed E-state index contributed by atoms with van der Waals surface area (Å²) in [6.07, 6.45) is -4.68. The van der Waals surface area contributed by atoms with E-state index in [0.717, 1.165) is 28.3 Å². The number of hydrogen-bond acceptors (Lipinski definition) is 4. The topological polar surface area (TPSA) is 52.8 Å². The maximum Gasteiger partial charge on any atom is 0.433 e. The SMILES string of the molecule is COc1cccc(-c2cc(C(F)(F)F)nc(-n3nc(-c4cccc(C)c4)cc3-c3cccc(C)c3)n2)c1. The van der Waals surface area contributed by atoms with Crippen LogP contribution in [0.3, 0.4) is 0 Å². The third-order valence-electron chi connectivity index (χ3n) is 5.90. The molecule has 2 aromatic heterocycles. The first-order valence-corrected chi connectivity index (χ1v) is 11.6. The summed E-state index contributed by atoms with van der Waals surface area (Å²) in [5.74, 6) is 0.329. The predicted molar refractivity (Wildman–Crippen MR) is 136 cm³/mol. The van der Waals surface area contributed by atoms with Crippen molar-refractivity contribution in [1.82, 2.24) is 19.7 Å². The van der Waals surface area contributed by atoms with Crippen molar-refractivity contribution in [3.05, 3.63) is 102 Å². The molecule has 0 N–H and O–H groups in total. The molecule has 0 fully saturated rings. The van der Waals surface area contributed by atoms with Crippen LogP contribution in [-0.4, -0.2) is 26.9 Å². The normalized spacial score (nSPS) is 11.5. The molecular formula is C29H23F3N4O. The summed E-state index contributed by atoms with van der Waals surface area (Å²) in [4.78, 5) is 8.44. The summed E-state index contributed by atoms with van der Waals surface area (Å²) in [5.41, 5.74) is 4.38. The van der Waals surface area contributed by atoms with Gasteiger partial charge in [-0.05, 0) is 50.2 Å². The Bertz CT molecular complexity index is 1590. The maximum absolute atomic E-state index is 14.0. The fourth-order valence-corrected chi connectivity index (χ4v) is 4.09. The lowest BCUT2D eigenvalue weighted by atomic mass is 10.1. The van der Waals surface area contributed by atoms with Gasteiger partial charge in [-0.15, -0.1) is 0 Å². The summed E-state index contributed by atoms with van der Waals surface area (Å²) in [6.45, 7) is 3.92. The summed E-state index contributed by atoms with van der Waals surface area (Å²) in [5, 5.41) is 4.69. The second-order valence-corrected chi connectivity index (χ2v) is 8.73. The lowest BCUT2D eigenvalue weighted by Crippen LogP contribution is -2.14. The third kappa shape index (κ3) is 5.09. The van der Waals surface area contributed by atoms with Gasteiger partial charge in [0.05, 0.1) is 24.2 Å². The molecule has 0 radical (unpaired) electrons. The fourth-order valence-electron chi connectivity index (χ4n) is 4.09. The highest BCUT2D eigenvalue weighted by Crippen LogP contribution is 2.34. The van der Waals surface area contributed by atoms with Gasteiger partial charge in [0.1, 0.15) is 5.75 Å². The van der Waals surface area contributed by atoms with Crippen molar-refractivity contribution in [3.8, 4) is 45.5 Å². The fraction of sp³-hybridized carbons (Fsp3) is 0.138. The molecule has 0 unspecified atom stereocenters. The average Bonchev–Trinajstić information content (AvgIpc) is 3.34. The summed E-state index contributed by atoms with van der Waals surface area (Å²) < 4.78 is 48.5. The van der Waals surface area contributed by atoms with E-state index >= 15 is 0 Å². The lowest BCUT2D eigenvalue weighted by molar-refractivity contribution is -0.141. The van der Waals surface area contributed by atoms with Crippen molar-refractivity contribution in [2.24, 2.45) is 0 Å². The second-order valence-electron chi connectivity index (χ2n) is 8.73. The quantitative estimate of drug-likeness (QED) is 0.254. The van der Waals surface area contributed by atoms with Crippen molar-refractivity contribution in [1.29, 1.82) is 0 Å². The third-order valence-corrected chi connectivity index (χ3v) is 5.90. The van der Waals surface area contributed by atoms with E-state index in [1.807, 2.05) is 68.4 Å². The number of aromatic nitrogens is 4. The van der Waals surface area contributed by atoms with Gasteiger partial charge in [0.15, 0.2) is 5.69 Å². The summed E-state index contributed by atoms with van der Waals surface area (Å²) >= 11 is 0. The maximum atomic E-state index is 14.0. The van der Waals surface area contributed by atoms with Gasteiger partial charge in [-0.2, -0.15) is 23.0 Å². The zero-order valence-electron chi connectivity index (χ0n) is 20.4. The monoisotopic (exact) mass is 500 g/mol. The Morgan fingerprint density at radius 3 is 1.97 bits per heavy atom. The number of alkyl halides is 3. The molecule has 0 aliphatic carbocycles. The van der Waals surface area contributed by atoms with E-state index in [2.05, 4.69) is 15.1 Å². The van der Waals surface area contributed by atoms with Gasteiger partial charge >= 0.3 is 6.18 Å². The Morgan fingerprint density at radius 1 is 0.703 bits per heavy atom. The number of rotatable bonds is 5. The molecule has 0 aliphatic rings. The molecule has 0 saturated carbocycles. The van der Waals surface area contributed by atoms with Crippen LogP contribution in [0.15, 0.2) is 84.9 Å². The van der Waals surface area contributed by atoms with E-state index in [-0.39, 0.29) is 11.6 Å². The molecule has 0 atom stereocenters. The van der Waals surface area contributed by atoms with Crippen LogP contribution in [0.5, 0.6) is 5.75 Å². The van der Waals surface area contributed by atoms with Crippen LogP contribution in [-0.2, 0) is 6.18 Å². The summed E-state index contributed by atoms with van der Waals surface area (Å²) in [7, 11) is 1.50. The van der Waals surface area contributed by atoms with Crippen LogP contribution in [0.25, 0.3) is 39.7 Å². The van der Waals surface area contributed by atoms with Crippen molar-refractivity contribution < 1.29 is 17.9 Å². The number of benzene rings is 3. The molecule has 2 heterocycles. The van der Waals surface area contributed by atoms with Gasteiger partial charge in [-0.3, -0.25) is 0 Å². The highest BCUT2D eigenvalue weighted by Gasteiger charge is 2.34. The Morgan fingerprint density at radius 2 is 1.32 bits per heavy atom. The van der Waals surface area contributed by atoms with Crippen LogP contribution < -0.4 is 4.74 Å². The molecule has 0 spiro atoms. The Labute approximate surface area is 212 Å². The van der Waals surface area contributed by atoms with Crippen LogP contribution in [0, 0.1) is 13.8 Å². The zero-order valence-corrected chi connectivity index (χ0v) is 20.4. The van der Waals surface area contributed by atoms with E-state index < -0.39 is 11.9 Å². The van der Waals surface area contributed by atoms with E-state index in [4.69, 9.17) is 4.74 Å². The van der Waals surface area contributed by atoms with Gasteiger partial charge < -0.3 is 4.74 Å². The Hall–Kier alpha value is -4.46. The highest BCUT2D eigenvalue weighted by atomic mass is 19.4. The molecule has 37 heavy (non-hydrogen) atoms. The first kappa shape index (κ1) is 24.2. The number of halogens is 3. The Kier molecular flexibility index (Phi) is 6.25. The average molecular weight is 501 g/mol.